The van der Waals surface area contributed by atoms with Gasteiger partial charge in [0, 0.05) is 19.5 Å². The Morgan fingerprint density at radius 1 is 1.07 bits per heavy atom. The first kappa shape index (κ1) is 19.0. The molecule has 2 aromatic rings. The van der Waals surface area contributed by atoms with Crippen LogP contribution in [0.5, 0.6) is 5.75 Å². The van der Waals surface area contributed by atoms with Gasteiger partial charge in [0.2, 0.25) is 0 Å². The van der Waals surface area contributed by atoms with Crippen LogP contribution >= 0.6 is 0 Å². The Balaban J connectivity index is 1.43. The van der Waals surface area contributed by atoms with E-state index in [4.69, 9.17) is 4.74 Å². The van der Waals surface area contributed by atoms with E-state index < -0.39 is 0 Å². The van der Waals surface area contributed by atoms with Crippen molar-refractivity contribution < 1.29 is 9.53 Å². The standard InChI is InChI=1S/C24H30N2O2/c1-25-14-11-20(12-15-25)18-26(16-13-19-7-3-2-4-8-19)24(27)23-17-21-9-5-6-10-22(21)28-23/h2-10,20,23H,11-18H2,1H3/t23-/m0/s1. The number of carbonyl (C=O) groups excluding carboxylic acids is 1. The Kier molecular flexibility index (Phi) is 5.96. The third kappa shape index (κ3) is 4.56. The lowest BCUT2D eigenvalue weighted by molar-refractivity contribution is -0.138. The first-order valence-electron chi connectivity index (χ1n) is 10.4. The Bertz CT molecular complexity index is 759. The molecule has 0 N–H and O–H groups in total. The highest BCUT2D eigenvalue weighted by molar-refractivity contribution is 5.82. The van der Waals surface area contributed by atoms with E-state index >= 15 is 0 Å². The molecule has 2 heterocycles. The van der Waals surface area contributed by atoms with E-state index in [0.717, 1.165) is 56.8 Å². The molecule has 0 saturated carbocycles. The number of rotatable bonds is 6. The quantitative estimate of drug-likeness (QED) is 0.772. The number of carbonyl (C=O) groups is 1. The minimum absolute atomic E-state index is 0.144. The fraction of sp³-hybridized carbons (Fsp3) is 0.458. The average molecular weight is 379 g/mol. The van der Waals surface area contributed by atoms with Crippen LogP contribution in [0, 0.1) is 5.92 Å². The molecule has 0 aromatic heterocycles. The summed E-state index contributed by atoms with van der Waals surface area (Å²) in [6.07, 6.45) is 3.53. The minimum atomic E-state index is -0.376. The third-order valence-corrected chi connectivity index (χ3v) is 6.06. The first-order chi connectivity index (χ1) is 13.7. The Labute approximate surface area is 168 Å². The zero-order chi connectivity index (χ0) is 19.3. The molecule has 4 heteroatoms. The highest BCUT2D eigenvalue weighted by Crippen LogP contribution is 2.29. The van der Waals surface area contributed by atoms with Gasteiger partial charge in [-0.3, -0.25) is 4.79 Å². The van der Waals surface area contributed by atoms with Gasteiger partial charge >= 0.3 is 0 Å². The zero-order valence-electron chi connectivity index (χ0n) is 16.7. The normalized spacial score (nSPS) is 19.8. The van der Waals surface area contributed by atoms with Crippen molar-refractivity contribution >= 4 is 5.91 Å². The van der Waals surface area contributed by atoms with Crippen molar-refractivity contribution in [2.75, 3.05) is 33.2 Å². The predicted octanol–water partition coefficient (Wildman–Crippen LogP) is 3.40. The van der Waals surface area contributed by atoms with Crippen molar-refractivity contribution in [1.29, 1.82) is 0 Å². The molecule has 0 spiro atoms. The van der Waals surface area contributed by atoms with Crippen molar-refractivity contribution in [2.45, 2.75) is 31.8 Å². The lowest BCUT2D eigenvalue weighted by Gasteiger charge is -2.34. The van der Waals surface area contributed by atoms with E-state index in [1.165, 1.54) is 5.56 Å². The summed E-state index contributed by atoms with van der Waals surface area (Å²) >= 11 is 0. The van der Waals surface area contributed by atoms with Gasteiger partial charge in [0.25, 0.3) is 5.91 Å². The largest absolute Gasteiger partial charge is 0.480 e. The molecule has 1 saturated heterocycles. The summed E-state index contributed by atoms with van der Waals surface area (Å²) in [5, 5.41) is 0. The van der Waals surface area contributed by atoms with Crippen LogP contribution < -0.4 is 4.74 Å². The number of para-hydroxylation sites is 1. The van der Waals surface area contributed by atoms with E-state index in [0.29, 0.717) is 12.3 Å². The maximum Gasteiger partial charge on any atom is 0.264 e. The van der Waals surface area contributed by atoms with Crippen LogP contribution in [0.1, 0.15) is 24.0 Å². The summed E-state index contributed by atoms with van der Waals surface area (Å²) in [6.45, 7) is 3.84. The second-order valence-electron chi connectivity index (χ2n) is 8.18. The molecule has 2 aromatic carbocycles. The van der Waals surface area contributed by atoms with Gasteiger partial charge in [-0.1, -0.05) is 48.5 Å². The topological polar surface area (TPSA) is 32.8 Å². The zero-order valence-corrected chi connectivity index (χ0v) is 16.7. The van der Waals surface area contributed by atoms with E-state index in [1.807, 2.05) is 24.3 Å². The molecular weight excluding hydrogens is 348 g/mol. The number of hydrogen-bond acceptors (Lipinski definition) is 3. The molecule has 0 bridgehead atoms. The number of nitrogens with zero attached hydrogens (tertiary/aromatic N) is 2. The first-order valence-corrected chi connectivity index (χ1v) is 10.4. The molecule has 2 aliphatic rings. The highest BCUT2D eigenvalue weighted by atomic mass is 16.5. The molecule has 1 atom stereocenters. The SMILES string of the molecule is CN1CCC(CN(CCc2ccccc2)C(=O)[C@@H]2Cc3ccccc3O2)CC1. The second kappa shape index (κ2) is 8.78. The number of ether oxygens (including phenoxy) is 1. The molecular formula is C24H30N2O2. The van der Waals surface area contributed by atoms with Gasteiger partial charge in [0.15, 0.2) is 6.10 Å². The van der Waals surface area contributed by atoms with Crippen molar-refractivity contribution in [1.82, 2.24) is 9.80 Å². The molecule has 4 nitrogen and oxygen atoms in total. The van der Waals surface area contributed by atoms with Crippen molar-refractivity contribution in [3.05, 3.63) is 65.7 Å². The van der Waals surface area contributed by atoms with Gasteiger partial charge in [-0.15, -0.1) is 0 Å². The van der Waals surface area contributed by atoms with E-state index in [2.05, 4.69) is 47.2 Å². The van der Waals surface area contributed by atoms with E-state index in [9.17, 15) is 4.79 Å². The van der Waals surface area contributed by atoms with Gasteiger partial charge < -0.3 is 14.5 Å². The Hall–Kier alpha value is -2.33. The van der Waals surface area contributed by atoms with Crippen LogP contribution in [-0.2, 0) is 17.6 Å². The predicted molar refractivity (Wildman–Crippen MR) is 112 cm³/mol. The monoisotopic (exact) mass is 378 g/mol. The lowest BCUT2D eigenvalue weighted by atomic mass is 9.96. The second-order valence-corrected chi connectivity index (χ2v) is 8.18. The fourth-order valence-corrected chi connectivity index (χ4v) is 4.28. The summed E-state index contributed by atoms with van der Waals surface area (Å²) in [6, 6.07) is 18.5. The van der Waals surface area contributed by atoms with Gasteiger partial charge in [-0.05, 0) is 62.5 Å². The molecule has 2 aliphatic heterocycles. The molecule has 148 valence electrons. The fourth-order valence-electron chi connectivity index (χ4n) is 4.28. The maximum atomic E-state index is 13.4. The molecule has 0 radical (unpaired) electrons. The summed E-state index contributed by atoms with van der Waals surface area (Å²) in [5.41, 5.74) is 2.42. The number of hydrogen-bond donors (Lipinski definition) is 0. The lowest BCUT2D eigenvalue weighted by Crippen LogP contribution is -2.46. The van der Waals surface area contributed by atoms with Crippen LogP contribution in [0.3, 0.4) is 0 Å². The van der Waals surface area contributed by atoms with Crippen LogP contribution in [-0.4, -0.2) is 55.0 Å². The van der Waals surface area contributed by atoms with E-state index in [1.54, 1.807) is 0 Å². The molecule has 1 fully saturated rings. The maximum absolute atomic E-state index is 13.4. The van der Waals surface area contributed by atoms with Crippen LogP contribution in [0.4, 0.5) is 0 Å². The van der Waals surface area contributed by atoms with Crippen molar-refractivity contribution in [2.24, 2.45) is 5.92 Å². The molecule has 1 amide bonds. The van der Waals surface area contributed by atoms with Crippen molar-refractivity contribution in [3.8, 4) is 5.75 Å². The van der Waals surface area contributed by atoms with Gasteiger partial charge in [-0.2, -0.15) is 0 Å². The highest BCUT2D eigenvalue weighted by Gasteiger charge is 2.33. The van der Waals surface area contributed by atoms with Crippen molar-refractivity contribution in [3.63, 3.8) is 0 Å². The van der Waals surface area contributed by atoms with Gasteiger partial charge in [-0.25, -0.2) is 0 Å². The summed E-state index contributed by atoms with van der Waals surface area (Å²) in [7, 11) is 2.18. The Morgan fingerprint density at radius 2 is 1.79 bits per heavy atom. The van der Waals surface area contributed by atoms with Gasteiger partial charge in [0.1, 0.15) is 5.75 Å². The molecule has 4 rings (SSSR count). The van der Waals surface area contributed by atoms with Gasteiger partial charge in [0.05, 0.1) is 0 Å². The smallest absolute Gasteiger partial charge is 0.264 e. The molecule has 28 heavy (non-hydrogen) atoms. The minimum Gasteiger partial charge on any atom is -0.480 e. The van der Waals surface area contributed by atoms with Crippen LogP contribution in [0.15, 0.2) is 54.6 Å². The molecule has 0 unspecified atom stereocenters. The average Bonchev–Trinajstić information content (AvgIpc) is 3.17. The van der Waals surface area contributed by atoms with E-state index in [-0.39, 0.29) is 12.0 Å². The summed E-state index contributed by atoms with van der Waals surface area (Å²) in [5.74, 6) is 1.59. The van der Waals surface area contributed by atoms with Crippen LogP contribution in [0.25, 0.3) is 0 Å². The number of fused-ring (bicyclic) bond motifs is 1. The number of piperidine rings is 1. The number of amides is 1. The summed E-state index contributed by atoms with van der Waals surface area (Å²) < 4.78 is 6.01. The molecule has 0 aliphatic carbocycles. The third-order valence-electron chi connectivity index (χ3n) is 6.06. The summed E-state index contributed by atoms with van der Waals surface area (Å²) in [4.78, 5) is 17.8. The Morgan fingerprint density at radius 3 is 2.54 bits per heavy atom. The number of likely N-dealkylation sites (tertiary alicyclic amines) is 1. The number of benzene rings is 2. The van der Waals surface area contributed by atoms with Crippen LogP contribution in [0.2, 0.25) is 0 Å².